The number of benzene rings is 1. The molecular formula is C15H22F2N2. The van der Waals surface area contributed by atoms with Crippen molar-refractivity contribution in [2.24, 2.45) is 0 Å². The summed E-state index contributed by atoms with van der Waals surface area (Å²) in [6.07, 6.45) is 1.77. The Labute approximate surface area is 113 Å². The minimum Gasteiger partial charge on any atom is -0.309 e. The average molecular weight is 268 g/mol. The largest absolute Gasteiger partial charge is 0.309 e. The number of halogens is 2. The fourth-order valence-corrected chi connectivity index (χ4v) is 2.61. The highest BCUT2D eigenvalue weighted by atomic mass is 19.1. The van der Waals surface area contributed by atoms with Gasteiger partial charge in [-0.15, -0.1) is 0 Å². The Kier molecular flexibility index (Phi) is 4.53. The zero-order valence-electron chi connectivity index (χ0n) is 11.7. The molecule has 1 N–H and O–H groups in total. The molecule has 0 aromatic heterocycles. The third kappa shape index (κ3) is 3.98. The van der Waals surface area contributed by atoms with Crippen LogP contribution in [0.1, 0.15) is 25.8 Å². The molecule has 0 aliphatic carbocycles. The number of nitrogens with one attached hydrogen (secondary N) is 1. The molecule has 1 saturated heterocycles. The van der Waals surface area contributed by atoms with Gasteiger partial charge >= 0.3 is 0 Å². The van der Waals surface area contributed by atoms with Crippen LogP contribution in [0.2, 0.25) is 0 Å². The smallest absolute Gasteiger partial charge is 0.126 e. The van der Waals surface area contributed by atoms with E-state index in [2.05, 4.69) is 24.1 Å². The summed E-state index contributed by atoms with van der Waals surface area (Å²) in [5, 5.41) is 3.53. The van der Waals surface area contributed by atoms with Crippen molar-refractivity contribution in [3.63, 3.8) is 0 Å². The van der Waals surface area contributed by atoms with E-state index >= 15 is 0 Å². The number of rotatable bonds is 4. The van der Waals surface area contributed by atoms with E-state index in [1.165, 1.54) is 12.1 Å². The van der Waals surface area contributed by atoms with Crippen LogP contribution < -0.4 is 5.32 Å². The van der Waals surface area contributed by atoms with Crippen LogP contribution in [0.15, 0.2) is 18.2 Å². The Morgan fingerprint density at radius 2 is 1.95 bits per heavy atom. The molecule has 0 saturated carbocycles. The fourth-order valence-electron chi connectivity index (χ4n) is 2.61. The van der Waals surface area contributed by atoms with Gasteiger partial charge in [0.1, 0.15) is 11.6 Å². The molecule has 4 heteroatoms. The van der Waals surface area contributed by atoms with Crippen LogP contribution in [0.25, 0.3) is 0 Å². The van der Waals surface area contributed by atoms with E-state index in [1.807, 2.05) is 0 Å². The van der Waals surface area contributed by atoms with Gasteiger partial charge in [-0.1, -0.05) is 6.92 Å². The first-order valence-electron chi connectivity index (χ1n) is 6.93. The zero-order chi connectivity index (χ0) is 13.9. The molecular weight excluding hydrogens is 246 g/mol. The highest BCUT2D eigenvalue weighted by Crippen LogP contribution is 2.16. The molecule has 1 fully saturated rings. The predicted molar refractivity (Wildman–Crippen MR) is 73.2 cm³/mol. The van der Waals surface area contributed by atoms with E-state index in [1.54, 1.807) is 0 Å². The van der Waals surface area contributed by atoms with Crippen LogP contribution in [0.5, 0.6) is 0 Å². The number of piperazine rings is 1. The lowest BCUT2D eigenvalue weighted by molar-refractivity contribution is 0.141. The average Bonchev–Trinajstić information content (AvgIpc) is 2.35. The highest BCUT2D eigenvalue weighted by molar-refractivity contribution is 5.18. The number of hydrogen-bond acceptors (Lipinski definition) is 2. The molecule has 1 aromatic carbocycles. The molecule has 1 aromatic rings. The molecule has 1 heterocycles. The molecule has 2 nitrogen and oxygen atoms in total. The lowest BCUT2D eigenvalue weighted by Gasteiger charge is -2.41. The fraction of sp³-hybridized carbons (Fsp3) is 0.600. The van der Waals surface area contributed by atoms with Crippen molar-refractivity contribution >= 4 is 0 Å². The topological polar surface area (TPSA) is 15.3 Å². The van der Waals surface area contributed by atoms with Crippen molar-refractivity contribution in [1.29, 1.82) is 0 Å². The summed E-state index contributed by atoms with van der Waals surface area (Å²) in [6.45, 7) is 8.20. The van der Waals surface area contributed by atoms with Gasteiger partial charge in [-0.05, 0) is 37.5 Å². The lowest BCUT2D eigenvalue weighted by atomic mass is 9.95. The third-order valence-electron chi connectivity index (χ3n) is 3.97. The zero-order valence-corrected chi connectivity index (χ0v) is 11.7. The van der Waals surface area contributed by atoms with Gasteiger partial charge in [0.25, 0.3) is 0 Å². The van der Waals surface area contributed by atoms with E-state index in [-0.39, 0.29) is 5.54 Å². The monoisotopic (exact) mass is 268 g/mol. The standard InChI is InChI=1S/C15H22F2N2/c1-3-15(2)11-19(7-5-18-15)6-4-12-8-13(16)10-14(17)9-12/h8-10,18H,3-7,11H2,1-2H3. The normalized spacial score (nSPS) is 24.6. The minimum atomic E-state index is -0.492. The molecule has 1 aliphatic heterocycles. The first-order valence-corrected chi connectivity index (χ1v) is 6.93. The molecule has 0 radical (unpaired) electrons. The van der Waals surface area contributed by atoms with Crippen molar-refractivity contribution in [3.05, 3.63) is 35.4 Å². The van der Waals surface area contributed by atoms with Gasteiger partial charge in [0.05, 0.1) is 0 Å². The van der Waals surface area contributed by atoms with Gasteiger partial charge < -0.3 is 5.32 Å². The summed E-state index contributed by atoms with van der Waals surface area (Å²) in [6, 6.07) is 3.76. The SMILES string of the molecule is CCC1(C)CN(CCc2cc(F)cc(F)c2)CCN1. The summed E-state index contributed by atoms with van der Waals surface area (Å²) in [7, 11) is 0. The second kappa shape index (κ2) is 5.97. The van der Waals surface area contributed by atoms with Gasteiger partial charge in [0.15, 0.2) is 0 Å². The molecule has 106 valence electrons. The van der Waals surface area contributed by atoms with E-state index in [0.29, 0.717) is 6.42 Å². The Bertz CT molecular complexity index is 416. The van der Waals surface area contributed by atoms with Crippen LogP contribution in [-0.2, 0) is 6.42 Å². The summed E-state index contributed by atoms with van der Waals surface area (Å²) in [4.78, 5) is 2.36. The van der Waals surface area contributed by atoms with Crippen molar-refractivity contribution in [3.8, 4) is 0 Å². The second-order valence-corrected chi connectivity index (χ2v) is 5.64. The molecule has 2 rings (SSSR count). The molecule has 19 heavy (non-hydrogen) atoms. The maximum Gasteiger partial charge on any atom is 0.126 e. The van der Waals surface area contributed by atoms with E-state index < -0.39 is 11.6 Å². The van der Waals surface area contributed by atoms with Gasteiger partial charge in [-0.2, -0.15) is 0 Å². The quantitative estimate of drug-likeness (QED) is 0.903. The summed E-state index contributed by atoms with van der Waals surface area (Å²) >= 11 is 0. The number of hydrogen-bond donors (Lipinski definition) is 1. The Balaban J connectivity index is 1.91. The Morgan fingerprint density at radius 3 is 2.58 bits per heavy atom. The van der Waals surface area contributed by atoms with Crippen LogP contribution in [0.3, 0.4) is 0 Å². The van der Waals surface area contributed by atoms with Crippen molar-refractivity contribution in [1.82, 2.24) is 10.2 Å². The Hall–Kier alpha value is -1.00. The van der Waals surface area contributed by atoms with Crippen LogP contribution >= 0.6 is 0 Å². The maximum absolute atomic E-state index is 13.1. The van der Waals surface area contributed by atoms with Gasteiger partial charge in [-0.25, -0.2) is 8.78 Å². The predicted octanol–water partition coefficient (Wildman–Crippen LogP) is 2.58. The van der Waals surface area contributed by atoms with Gasteiger partial charge in [0.2, 0.25) is 0 Å². The second-order valence-electron chi connectivity index (χ2n) is 5.64. The van der Waals surface area contributed by atoms with Crippen LogP contribution in [-0.4, -0.2) is 36.6 Å². The molecule has 0 spiro atoms. The molecule has 1 unspecified atom stereocenters. The summed E-state index contributed by atoms with van der Waals surface area (Å²) in [5.74, 6) is -0.984. The van der Waals surface area contributed by atoms with Crippen molar-refractivity contribution in [2.75, 3.05) is 26.2 Å². The van der Waals surface area contributed by atoms with Crippen LogP contribution in [0, 0.1) is 11.6 Å². The van der Waals surface area contributed by atoms with E-state index in [4.69, 9.17) is 0 Å². The van der Waals surface area contributed by atoms with Gasteiger partial charge in [0, 0.05) is 37.8 Å². The van der Waals surface area contributed by atoms with E-state index in [0.717, 1.165) is 44.2 Å². The molecule has 1 atom stereocenters. The Morgan fingerprint density at radius 1 is 1.26 bits per heavy atom. The molecule has 1 aliphatic rings. The molecule has 0 bridgehead atoms. The minimum absolute atomic E-state index is 0.158. The van der Waals surface area contributed by atoms with Crippen molar-refractivity contribution in [2.45, 2.75) is 32.2 Å². The van der Waals surface area contributed by atoms with E-state index in [9.17, 15) is 8.78 Å². The van der Waals surface area contributed by atoms with Gasteiger partial charge in [-0.3, -0.25) is 4.90 Å². The third-order valence-corrected chi connectivity index (χ3v) is 3.97. The number of nitrogens with zero attached hydrogens (tertiary/aromatic N) is 1. The first kappa shape index (κ1) is 14.4. The summed E-state index contributed by atoms with van der Waals surface area (Å²) in [5.41, 5.74) is 0.889. The maximum atomic E-state index is 13.1. The molecule has 0 amide bonds. The lowest BCUT2D eigenvalue weighted by Crippen LogP contribution is -2.58. The first-order chi connectivity index (χ1) is 9.00. The van der Waals surface area contributed by atoms with Crippen LogP contribution in [0.4, 0.5) is 8.78 Å². The van der Waals surface area contributed by atoms with Crippen molar-refractivity contribution < 1.29 is 8.78 Å². The summed E-state index contributed by atoms with van der Waals surface area (Å²) < 4.78 is 26.2. The highest BCUT2D eigenvalue weighted by Gasteiger charge is 2.28.